The number of methoxy groups -OCH3 is 1. The van der Waals surface area contributed by atoms with Crippen molar-refractivity contribution in [2.45, 2.75) is 39.7 Å². The third-order valence-electron chi connectivity index (χ3n) is 5.96. The van der Waals surface area contributed by atoms with Gasteiger partial charge in [-0.25, -0.2) is 4.98 Å². The van der Waals surface area contributed by atoms with E-state index in [2.05, 4.69) is 62.9 Å². The summed E-state index contributed by atoms with van der Waals surface area (Å²) in [6.45, 7) is 6.58. The van der Waals surface area contributed by atoms with Crippen LogP contribution in [0.3, 0.4) is 0 Å². The van der Waals surface area contributed by atoms with Crippen LogP contribution in [0.5, 0.6) is 11.5 Å². The first-order valence-corrected chi connectivity index (χ1v) is 13.2. The van der Waals surface area contributed by atoms with Gasteiger partial charge in [-0.15, -0.1) is 0 Å². The Morgan fingerprint density at radius 3 is 2.64 bits per heavy atom. The number of hydrogen-bond acceptors (Lipinski definition) is 5. The number of nitrogens with zero attached hydrogens (tertiary/aromatic N) is 3. The van der Waals surface area contributed by atoms with E-state index in [0.717, 1.165) is 26.5 Å². The van der Waals surface area contributed by atoms with Crippen molar-refractivity contribution in [3.63, 3.8) is 0 Å². The maximum atomic E-state index is 13.4. The molecule has 36 heavy (non-hydrogen) atoms. The van der Waals surface area contributed by atoms with Crippen molar-refractivity contribution in [3.05, 3.63) is 96.4 Å². The maximum Gasteiger partial charge on any atom is 0.282 e. The molecule has 4 rings (SSSR count). The average molecular weight is 613 g/mol. The third kappa shape index (κ3) is 5.71. The van der Waals surface area contributed by atoms with E-state index in [4.69, 9.17) is 14.5 Å². The lowest BCUT2D eigenvalue weighted by atomic mass is 10.1. The van der Waals surface area contributed by atoms with Gasteiger partial charge in [-0.3, -0.25) is 4.79 Å². The first kappa shape index (κ1) is 26.1. The molecule has 0 radical (unpaired) electrons. The van der Waals surface area contributed by atoms with E-state index in [0.29, 0.717) is 34.8 Å². The fraction of sp³-hybridized carbons (Fsp3) is 0.250. The van der Waals surface area contributed by atoms with Crippen molar-refractivity contribution < 1.29 is 9.47 Å². The number of aromatic nitrogens is 2. The summed E-state index contributed by atoms with van der Waals surface area (Å²) in [6, 6.07) is 17.4. The molecule has 1 atom stereocenters. The Morgan fingerprint density at radius 2 is 1.92 bits per heavy atom. The first-order chi connectivity index (χ1) is 17.3. The van der Waals surface area contributed by atoms with E-state index < -0.39 is 0 Å². The molecule has 0 aliphatic rings. The minimum atomic E-state index is -0.214. The Labute approximate surface area is 227 Å². The Balaban J connectivity index is 1.70. The highest BCUT2D eigenvalue weighted by molar-refractivity contribution is 9.10. The average Bonchev–Trinajstić information content (AvgIpc) is 2.87. The van der Waals surface area contributed by atoms with E-state index in [-0.39, 0.29) is 11.5 Å². The molecule has 1 heterocycles. The monoisotopic (exact) mass is 611 g/mol. The molecule has 0 saturated carbocycles. The second kappa shape index (κ2) is 11.4. The lowest BCUT2D eigenvalue weighted by Gasteiger charge is -2.15. The highest BCUT2D eigenvalue weighted by atomic mass is 79.9. The molecular weight excluding hydrogens is 586 g/mol. The smallest absolute Gasteiger partial charge is 0.282 e. The van der Waals surface area contributed by atoms with Crippen LogP contribution in [0.1, 0.15) is 48.7 Å². The number of aryl methyl sites for hydroxylation is 1. The Bertz CT molecular complexity index is 1500. The zero-order chi connectivity index (χ0) is 25.8. The minimum Gasteiger partial charge on any atom is -0.493 e. The highest BCUT2D eigenvalue weighted by Gasteiger charge is 2.16. The normalized spacial score (nSPS) is 12.3. The number of benzene rings is 3. The molecule has 186 valence electrons. The lowest BCUT2D eigenvalue weighted by Crippen LogP contribution is -2.23. The molecule has 8 heteroatoms. The summed E-state index contributed by atoms with van der Waals surface area (Å²) in [5, 5.41) is 5.07. The van der Waals surface area contributed by atoms with E-state index >= 15 is 0 Å². The fourth-order valence-electron chi connectivity index (χ4n) is 3.78. The molecule has 0 unspecified atom stereocenters. The summed E-state index contributed by atoms with van der Waals surface area (Å²) in [5.74, 6) is 1.85. The molecule has 0 aliphatic carbocycles. The molecule has 0 aliphatic heterocycles. The predicted octanol–water partition coefficient (Wildman–Crippen LogP) is 7.21. The van der Waals surface area contributed by atoms with Crippen LogP contribution < -0.4 is 15.0 Å². The number of ether oxygens (including phenoxy) is 2. The van der Waals surface area contributed by atoms with Gasteiger partial charge in [0.1, 0.15) is 12.4 Å². The number of rotatable bonds is 8. The molecule has 1 aromatic heterocycles. The Morgan fingerprint density at radius 1 is 1.11 bits per heavy atom. The molecular formula is C28H27Br2N3O3. The van der Waals surface area contributed by atoms with Gasteiger partial charge in [0.05, 0.1) is 24.2 Å². The Hall–Kier alpha value is -2.97. The molecule has 6 nitrogen and oxygen atoms in total. The second-order valence-corrected chi connectivity index (χ2v) is 10.4. The van der Waals surface area contributed by atoms with E-state index in [9.17, 15) is 4.79 Å². The molecule has 4 aromatic rings. The third-order valence-corrected chi connectivity index (χ3v) is 7.14. The van der Waals surface area contributed by atoms with Gasteiger partial charge < -0.3 is 9.47 Å². The van der Waals surface area contributed by atoms with Gasteiger partial charge in [-0.2, -0.15) is 9.78 Å². The fourth-order valence-corrected chi connectivity index (χ4v) is 4.57. The molecule has 0 amide bonds. The van der Waals surface area contributed by atoms with Crippen molar-refractivity contribution in [2.75, 3.05) is 7.11 Å². The summed E-state index contributed by atoms with van der Waals surface area (Å²) in [6.07, 6.45) is 2.46. The van der Waals surface area contributed by atoms with Gasteiger partial charge in [0.2, 0.25) is 0 Å². The van der Waals surface area contributed by atoms with Crippen LogP contribution in [0.25, 0.3) is 10.9 Å². The second-order valence-electron chi connectivity index (χ2n) is 8.60. The van der Waals surface area contributed by atoms with Gasteiger partial charge in [0, 0.05) is 20.4 Å². The number of halogens is 2. The summed E-state index contributed by atoms with van der Waals surface area (Å²) in [7, 11) is 1.60. The maximum absolute atomic E-state index is 13.4. The molecule has 3 aromatic carbocycles. The van der Waals surface area contributed by atoms with Gasteiger partial charge in [-0.05, 0) is 65.2 Å². The molecule has 0 bridgehead atoms. The first-order valence-electron chi connectivity index (χ1n) is 11.6. The van der Waals surface area contributed by atoms with Crippen LogP contribution in [0.4, 0.5) is 0 Å². The standard InChI is InChI=1S/C28H27Br2N3O3/c1-5-18(3)27-32-24-10-9-21(29)13-22(24)28(34)33(27)31-15-20-12-25(35-4)26(14-23(20)30)36-16-19-8-6-7-17(2)11-19/h6-15,18H,5,16H2,1-4H3/t18-/m0/s1. The van der Waals surface area contributed by atoms with Crippen LogP contribution >= 0.6 is 31.9 Å². The van der Waals surface area contributed by atoms with Crippen LogP contribution in [0.15, 0.2) is 73.4 Å². The zero-order valence-corrected chi connectivity index (χ0v) is 23.8. The zero-order valence-electron chi connectivity index (χ0n) is 20.6. The minimum absolute atomic E-state index is 0.0540. The van der Waals surface area contributed by atoms with Crippen LogP contribution in [0, 0.1) is 6.92 Å². The topological polar surface area (TPSA) is 65.7 Å². The van der Waals surface area contributed by atoms with Crippen LogP contribution in [-0.2, 0) is 6.61 Å². The SMILES string of the molecule is CC[C@H](C)c1nc2ccc(Br)cc2c(=O)n1N=Cc1cc(OC)c(OCc2cccc(C)c2)cc1Br. The predicted molar refractivity (Wildman–Crippen MR) is 152 cm³/mol. The van der Waals surface area contributed by atoms with Gasteiger partial charge in [0.25, 0.3) is 5.56 Å². The van der Waals surface area contributed by atoms with Gasteiger partial charge in [-0.1, -0.05) is 59.6 Å². The molecule has 0 saturated heterocycles. The number of fused-ring (bicyclic) bond motifs is 1. The van der Waals surface area contributed by atoms with E-state index in [1.165, 1.54) is 10.2 Å². The summed E-state index contributed by atoms with van der Waals surface area (Å²) in [4.78, 5) is 18.1. The van der Waals surface area contributed by atoms with Gasteiger partial charge in [0.15, 0.2) is 11.5 Å². The molecule has 0 spiro atoms. The van der Waals surface area contributed by atoms with Crippen molar-refractivity contribution in [2.24, 2.45) is 5.10 Å². The van der Waals surface area contributed by atoms with Crippen molar-refractivity contribution in [1.29, 1.82) is 0 Å². The summed E-state index contributed by atoms with van der Waals surface area (Å²) in [5.41, 5.74) is 3.44. The largest absolute Gasteiger partial charge is 0.493 e. The van der Waals surface area contributed by atoms with Crippen LogP contribution in [-0.4, -0.2) is 23.0 Å². The lowest BCUT2D eigenvalue weighted by molar-refractivity contribution is 0.284. The summed E-state index contributed by atoms with van der Waals surface area (Å²) >= 11 is 7.06. The quantitative estimate of drug-likeness (QED) is 0.197. The molecule has 0 N–H and O–H groups in total. The summed E-state index contributed by atoms with van der Waals surface area (Å²) < 4.78 is 14.6. The molecule has 0 fully saturated rings. The van der Waals surface area contributed by atoms with Gasteiger partial charge >= 0.3 is 0 Å². The Kier molecular flexibility index (Phi) is 8.26. The number of hydrogen-bond donors (Lipinski definition) is 0. The van der Waals surface area contributed by atoms with E-state index in [1.807, 2.05) is 43.3 Å². The van der Waals surface area contributed by atoms with Crippen molar-refractivity contribution in [1.82, 2.24) is 9.66 Å². The highest BCUT2D eigenvalue weighted by Crippen LogP contribution is 2.33. The van der Waals surface area contributed by atoms with Crippen molar-refractivity contribution >= 4 is 49.0 Å². The van der Waals surface area contributed by atoms with Crippen LogP contribution in [0.2, 0.25) is 0 Å². The van der Waals surface area contributed by atoms with Crippen molar-refractivity contribution in [3.8, 4) is 11.5 Å². The van der Waals surface area contributed by atoms with E-state index in [1.54, 1.807) is 19.4 Å².